The minimum atomic E-state index is -1.89. The number of nitrogens with one attached hydrogen (secondary N) is 1. The van der Waals surface area contributed by atoms with Crippen molar-refractivity contribution in [2.45, 2.75) is 64.6 Å². The average Bonchev–Trinajstić information content (AvgIpc) is 3.10. The van der Waals surface area contributed by atoms with Crippen molar-refractivity contribution >= 4 is 19.2 Å². The van der Waals surface area contributed by atoms with E-state index in [-0.39, 0.29) is 11.0 Å². The van der Waals surface area contributed by atoms with Gasteiger partial charge in [-0.05, 0) is 61.2 Å². The third-order valence-electron chi connectivity index (χ3n) is 5.95. The molecular weight excluding hydrogens is 324 g/mol. The van der Waals surface area contributed by atoms with E-state index in [1.54, 1.807) is 0 Å². The van der Waals surface area contributed by atoms with Crippen LogP contribution in [0.1, 0.15) is 57.6 Å². The number of H-pyrrole nitrogens is 1. The molecule has 25 heavy (non-hydrogen) atoms. The Labute approximate surface area is 151 Å². The first kappa shape index (κ1) is 17.8. The third kappa shape index (κ3) is 3.02. The number of benzene rings is 1. The highest BCUT2D eigenvalue weighted by molar-refractivity contribution is 6.74. The van der Waals surface area contributed by atoms with Crippen molar-refractivity contribution in [3.8, 4) is 6.07 Å². The predicted octanol–water partition coefficient (Wildman–Crippen LogP) is 6.21. The fourth-order valence-corrected chi connectivity index (χ4v) is 4.55. The van der Waals surface area contributed by atoms with Gasteiger partial charge in [-0.3, -0.25) is 0 Å². The molecule has 0 radical (unpaired) electrons. The SMILES string of the molecule is CC1=C(O[Si](C)(C)C(C)(C)C)C(c2c[nH]c3cccc(C#N)c23)CC1. The third-order valence-corrected chi connectivity index (χ3v) is 10.3. The Balaban J connectivity index is 2.06. The zero-order valence-electron chi connectivity index (χ0n) is 16.2. The van der Waals surface area contributed by atoms with E-state index in [1.165, 1.54) is 11.1 Å². The highest BCUT2D eigenvalue weighted by Crippen LogP contribution is 2.47. The number of aromatic nitrogens is 1. The second kappa shape index (κ2) is 6.07. The maximum Gasteiger partial charge on any atom is 0.250 e. The molecule has 2 aromatic rings. The van der Waals surface area contributed by atoms with Crippen LogP contribution in [-0.2, 0) is 4.43 Å². The van der Waals surface area contributed by atoms with Gasteiger partial charge in [-0.25, -0.2) is 0 Å². The Morgan fingerprint density at radius 3 is 2.64 bits per heavy atom. The van der Waals surface area contributed by atoms with Crippen molar-refractivity contribution in [2.75, 3.05) is 0 Å². The van der Waals surface area contributed by atoms with Gasteiger partial charge in [-0.2, -0.15) is 5.26 Å². The highest BCUT2D eigenvalue weighted by Gasteiger charge is 2.42. The molecule has 1 aliphatic rings. The zero-order valence-corrected chi connectivity index (χ0v) is 17.2. The molecule has 1 unspecified atom stereocenters. The van der Waals surface area contributed by atoms with Crippen LogP contribution in [0.25, 0.3) is 10.9 Å². The van der Waals surface area contributed by atoms with Gasteiger partial charge in [0.2, 0.25) is 8.32 Å². The van der Waals surface area contributed by atoms with Crippen molar-refractivity contribution in [3.63, 3.8) is 0 Å². The van der Waals surface area contributed by atoms with Crippen molar-refractivity contribution in [1.82, 2.24) is 4.98 Å². The molecule has 1 heterocycles. The lowest BCUT2D eigenvalue weighted by Crippen LogP contribution is -2.41. The van der Waals surface area contributed by atoms with E-state index < -0.39 is 8.32 Å². The van der Waals surface area contributed by atoms with Gasteiger partial charge in [0.1, 0.15) is 0 Å². The van der Waals surface area contributed by atoms with Gasteiger partial charge in [-0.1, -0.05) is 26.8 Å². The number of allylic oxidation sites excluding steroid dienone is 2. The number of rotatable bonds is 3. The summed E-state index contributed by atoms with van der Waals surface area (Å²) in [6, 6.07) is 8.23. The Kier molecular flexibility index (Phi) is 4.32. The number of nitrogens with zero attached hydrogens (tertiary/aromatic N) is 1. The number of fused-ring (bicyclic) bond motifs is 1. The monoisotopic (exact) mass is 352 g/mol. The summed E-state index contributed by atoms with van der Waals surface area (Å²) >= 11 is 0. The minimum absolute atomic E-state index is 0.172. The van der Waals surface area contributed by atoms with E-state index >= 15 is 0 Å². The van der Waals surface area contributed by atoms with Crippen LogP contribution >= 0.6 is 0 Å². The van der Waals surface area contributed by atoms with Crippen LogP contribution in [0, 0.1) is 11.3 Å². The van der Waals surface area contributed by atoms with Crippen molar-refractivity contribution in [2.24, 2.45) is 0 Å². The minimum Gasteiger partial charge on any atom is -0.546 e. The Bertz CT molecular complexity index is 877. The molecule has 3 rings (SSSR count). The summed E-state index contributed by atoms with van der Waals surface area (Å²) in [6.45, 7) is 13.6. The molecule has 1 aromatic carbocycles. The molecule has 1 N–H and O–H groups in total. The highest BCUT2D eigenvalue weighted by atomic mass is 28.4. The van der Waals surface area contributed by atoms with E-state index in [2.05, 4.69) is 58.0 Å². The van der Waals surface area contributed by atoms with E-state index in [0.717, 1.165) is 35.1 Å². The summed E-state index contributed by atoms with van der Waals surface area (Å²) in [5.74, 6) is 1.40. The van der Waals surface area contributed by atoms with Crippen LogP contribution in [0.3, 0.4) is 0 Å². The van der Waals surface area contributed by atoms with E-state index in [1.807, 2.05) is 18.2 Å². The van der Waals surface area contributed by atoms with Crippen molar-refractivity contribution in [1.29, 1.82) is 5.26 Å². The summed E-state index contributed by atoms with van der Waals surface area (Å²) in [5.41, 5.74) is 4.34. The number of aromatic amines is 1. The van der Waals surface area contributed by atoms with E-state index in [4.69, 9.17) is 4.43 Å². The normalized spacial score (nSPS) is 18.7. The molecule has 1 atom stereocenters. The molecule has 132 valence electrons. The summed E-state index contributed by atoms with van der Waals surface area (Å²) in [4.78, 5) is 3.35. The van der Waals surface area contributed by atoms with Crippen LogP contribution in [0.5, 0.6) is 0 Å². The molecule has 0 amide bonds. The average molecular weight is 353 g/mol. The van der Waals surface area contributed by atoms with Gasteiger partial charge < -0.3 is 9.41 Å². The van der Waals surface area contributed by atoms with Gasteiger partial charge in [0, 0.05) is 23.0 Å². The molecule has 4 heteroatoms. The van der Waals surface area contributed by atoms with Crippen LogP contribution in [0.4, 0.5) is 0 Å². The number of nitriles is 1. The first-order valence-electron chi connectivity index (χ1n) is 9.04. The Hall–Kier alpha value is -1.99. The van der Waals surface area contributed by atoms with Crippen LogP contribution in [-0.4, -0.2) is 13.3 Å². The molecule has 0 spiro atoms. The largest absolute Gasteiger partial charge is 0.546 e. The Morgan fingerprint density at radius 2 is 2.00 bits per heavy atom. The molecule has 1 aromatic heterocycles. The zero-order chi connectivity index (χ0) is 18.4. The predicted molar refractivity (Wildman–Crippen MR) is 106 cm³/mol. The van der Waals surface area contributed by atoms with Gasteiger partial charge in [-0.15, -0.1) is 0 Å². The van der Waals surface area contributed by atoms with Crippen LogP contribution in [0.15, 0.2) is 35.7 Å². The molecule has 0 saturated carbocycles. The van der Waals surface area contributed by atoms with E-state index in [0.29, 0.717) is 0 Å². The molecular formula is C21H28N2OSi. The smallest absolute Gasteiger partial charge is 0.250 e. The maximum atomic E-state index is 9.53. The summed E-state index contributed by atoms with van der Waals surface area (Å²) < 4.78 is 6.76. The van der Waals surface area contributed by atoms with Gasteiger partial charge in [0.05, 0.1) is 17.4 Å². The molecule has 0 saturated heterocycles. The number of hydrogen-bond donors (Lipinski definition) is 1. The number of hydrogen-bond acceptors (Lipinski definition) is 2. The van der Waals surface area contributed by atoms with Gasteiger partial charge >= 0.3 is 0 Å². The fraction of sp³-hybridized carbons (Fsp3) is 0.476. The summed E-state index contributed by atoms with van der Waals surface area (Å²) in [7, 11) is -1.89. The van der Waals surface area contributed by atoms with Gasteiger partial charge in [0.15, 0.2) is 0 Å². The second-order valence-electron chi connectivity index (χ2n) is 8.68. The summed E-state index contributed by atoms with van der Waals surface area (Å²) in [6.07, 6.45) is 4.20. The maximum absolute atomic E-state index is 9.53. The lowest BCUT2D eigenvalue weighted by molar-refractivity contribution is 0.355. The van der Waals surface area contributed by atoms with Crippen molar-refractivity contribution < 1.29 is 4.43 Å². The summed E-state index contributed by atoms with van der Waals surface area (Å²) in [5, 5.41) is 10.8. The lowest BCUT2D eigenvalue weighted by Gasteiger charge is -2.38. The fourth-order valence-electron chi connectivity index (χ4n) is 3.37. The topological polar surface area (TPSA) is 48.8 Å². The van der Waals surface area contributed by atoms with Crippen LogP contribution < -0.4 is 0 Å². The Morgan fingerprint density at radius 1 is 1.28 bits per heavy atom. The molecule has 0 aliphatic heterocycles. The standard InChI is InChI=1S/C21H28N2OSi/c1-14-10-11-16(20(14)24-25(5,6)21(2,3)4)17-13-23-18-9-7-8-15(12-22)19(17)18/h7-9,13,16,23H,10-11H2,1-6H3. The first-order valence-corrected chi connectivity index (χ1v) is 12.0. The molecule has 0 bridgehead atoms. The molecule has 0 fully saturated rings. The lowest BCUT2D eigenvalue weighted by atomic mass is 9.94. The first-order chi connectivity index (χ1) is 11.7. The molecule has 1 aliphatic carbocycles. The second-order valence-corrected chi connectivity index (χ2v) is 13.4. The molecule has 3 nitrogen and oxygen atoms in total. The quantitative estimate of drug-likeness (QED) is 0.667. The van der Waals surface area contributed by atoms with E-state index in [9.17, 15) is 5.26 Å². The van der Waals surface area contributed by atoms with Crippen LogP contribution in [0.2, 0.25) is 18.1 Å². The van der Waals surface area contributed by atoms with Gasteiger partial charge in [0.25, 0.3) is 0 Å². The van der Waals surface area contributed by atoms with Crippen molar-refractivity contribution in [3.05, 3.63) is 46.9 Å².